The molecule has 6 rings (SSSR count). The van der Waals surface area contributed by atoms with Crippen molar-refractivity contribution < 1.29 is 190 Å². The summed E-state index contributed by atoms with van der Waals surface area (Å²) in [5.74, 6) is -2.73. The van der Waals surface area contributed by atoms with Gasteiger partial charge in [0.05, 0.1) is 19.8 Å². The Morgan fingerprint density at radius 1 is 0.636 bits per heavy atom. The summed E-state index contributed by atoms with van der Waals surface area (Å²) in [7, 11) is -8.52. The quantitative estimate of drug-likeness (QED) is 0.0561. The molecule has 0 aliphatic heterocycles. The van der Waals surface area contributed by atoms with E-state index in [4.69, 9.17) is 22.8 Å². The maximum Gasteiger partial charge on any atom is 1.00 e. The summed E-state index contributed by atoms with van der Waals surface area (Å²) in [6, 6.07) is 14.7. The van der Waals surface area contributed by atoms with Crippen LogP contribution in [-0.2, 0) is 13.8 Å². The molecule has 0 saturated carbocycles. The zero-order valence-electron chi connectivity index (χ0n) is 29.8. The van der Waals surface area contributed by atoms with Gasteiger partial charge in [0.15, 0.2) is 16.4 Å². The number of aromatic hydroxyl groups is 2. The molecular weight excluding hydrogens is 810 g/mol. The van der Waals surface area contributed by atoms with Gasteiger partial charge in [0.25, 0.3) is 0 Å². The molecule has 264 valence electrons. The third kappa shape index (κ3) is 10.9. The minimum atomic E-state index is -5.83. The second-order valence-corrected chi connectivity index (χ2v) is 12.8. The molecule has 4 aromatic carbocycles. The number of phosphoric ester groups is 2. The van der Waals surface area contributed by atoms with Crippen molar-refractivity contribution in [2.45, 2.75) is 0 Å². The number of ether oxygens (including phenoxy) is 2. The Labute approximate surface area is 398 Å². The fourth-order valence-corrected chi connectivity index (χ4v) is 6.06. The summed E-state index contributed by atoms with van der Waals surface area (Å²) < 4.78 is 58.3. The molecule has 6 aromatic rings. The fraction of sp³-hybridized carbons (Fsp3) is 0.0625. The molecule has 23 heteroatoms. The first-order valence-electron chi connectivity index (χ1n) is 14.1. The minimum absolute atomic E-state index is 0. The molecule has 1 atom stereocenters. The Morgan fingerprint density at radius 2 is 1.22 bits per heavy atom. The van der Waals surface area contributed by atoms with Gasteiger partial charge in [-0.2, -0.15) is 0 Å². The molecule has 0 bridgehead atoms. The summed E-state index contributed by atoms with van der Waals surface area (Å²) >= 11 is 0. The third-order valence-corrected chi connectivity index (χ3v) is 8.41. The van der Waals surface area contributed by atoms with Gasteiger partial charge in [0.1, 0.15) is 70.2 Å². The van der Waals surface area contributed by atoms with E-state index in [0.29, 0.717) is 11.3 Å². The van der Waals surface area contributed by atoms with Crippen LogP contribution in [0, 0.1) is 0 Å². The average Bonchev–Trinajstić information content (AvgIpc) is 3.06. The molecular formula is C32H20Na4O17P2. The van der Waals surface area contributed by atoms with E-state index >= 15 is 0 Å². The number of methoxy groups -OCH3 is 2. The predicted octanol–water partition coefficient (Wildman–Crippen LogP) is -9.31. The molecule has 2 heterocycles. The normalized spacial score (nSPS) is 11.9. The van der Waals surface area contributed by atoms with Gasteiger partial charge >= 0.3 is 126 Å². The Balaban J connectivity index is 0.00000261. The number of benzene rings is 4. The SMILES string of the molecule is COc1ccc(-c2cc(=O)c3c(O)cc(OP(=O)([O-])[O-])c(-c4cc(-c5cc(=O)c6c(O)cc(OP(=O)([O-])O[O-])cc6o5)ccc4OC)c3o2)cc1.[Na+].[Na+].[Na+].[Na+]. The summed E-state index contributed by atoms with van der Waals surface area (Å²) in [6.07, 6.45) is 0. The number of hydrogen-bond acceptors (Lipinski definition) is 17. The van der Waals surface area contributed by atoms with Crippen molar-refractivity contribution in [1.29, 1.82) is 0 Å². The van der Waals surface area contributed by atoms with E-state index in [9.17, 15) is 48.9 Å². The van der Waals surface area contributed by atoms with Crippen LogP contribution in [0.15, 0.2) is 91.2 Å². The van der Waals surface area contributed by atoms with Crippen molar-refractivity contribution in [2.75, 3.05) is 14.2 Å². The molecule has 0 amide bonds. The van der Waals surface area contributed by atoms with E-state index in [1.54, 1.807) is 24.3 Å². The molecule has 0 fully saturated rings. The number of rotatable bonds is 10. The van der Waals surface area contributed by atoms with Gasteiger partial charge in [-0.3, -0.25) is 14.2 Å². The first-order chi connectivity index (χ1) is 24.1. The zero-order chi connectivity index (χ0) is 36.8. The molecule has 0 spiro atoms. The maximum absolute atomic E-state index is 13.4. The Morgan fingerprint density at radius 3 is 1.80 bits per heavy atom. The molecule has 17 nitrogen and oxygen atoms in total. The number of phosphoric acid groups is 2. The molecule has 55 heavy (non-hydrogen) atoms. The molecule has 2 N–H and O–H groups in total. The van der Waals surface area contributed by atoms with Gasteiger partial charge < -0.3 is 66.7 Å². The van der Waals surface area contributed by atoms with Gasteiger partial charge in [-0.25, -0.2) is 0 Å². The van der Waals surface area contributed by atoms with Gasteiger partial charge in [0.2, 0.25) is 0 Å². The van der Waals surface area contributed by atoms with Crippen LogP contribution in [0.3, 0.4) is 0 Å². The number of fused-ring (bicyclic) bond motifs is 2. The predicted molar refractivity (Wildman–Crippen MR) is 169 cm³/mol. The van der Waals surface area contributed by atoms with Crippen molar-refractivity contribution in [3.63, 3.8) is 0 Å². The standard InChI is InChI=1S/C32H24O17P2.4Na/c1-43-17-6-3-15(4-7-17)25-13-22(35)31-23(36)14-28(48-50(38,39)40)29(32(31)46-25)19-9-16(5-8-24(19)44-2)26-12-21(34)30-20(33)10-18(11-27(30)45-26)47-51(41,42)49-37;;;;/h3-14,33,36-37H,1-2H3,(H,41,42)(H2,38,39,40);;;;/q;4*+1/p-4. The molecule has 0 radical (unpaired) electrons. The number of hydrogen-bond donors (Lipinski definition) is 2. The van der Waals surface area contributed by atoms with Gasteiger partial charge in [0, 0.05) is 47.0 Å². The fourth-order valence-electron chi connectivity index (χ4n) is 5.28. The van der Waals surface area contributed by atoms with Gasteiger partial charge in [-0.15, -0.1) is 0 Å². The van der Waals surface area contributed by atoms with Crippen LogP contribution >= 0.6 is 15.6 Å². The summed E-state index contributed by atoms with van der Waals surface area (Å²) in [6.45, 7) is 0. The van der Waals surface area contributed by atoms with E-state index < -0.39 is 71.4 Å². The Bertz CT molecular complexity index is 2570. The smallest absolute Gasteiger partial charge is 0.780 e. The average molecular weight is 830 g/mol. The first kappa shape index (κ1) is 49.5. The largest absolute Gasteiger partial charge is 1.00 e. The van der Waals surface area contributed by atoms with Crippen LogP contribution in [0.1, 0.15) is 0 Å². The Hall–Kier alpha value is -1.64. The summed E-state index contributed by atoms with van der Waals surface area (Å²) in [5.41, 5.74) is -2.43. The Kier molecular flexibility index (Phi) is 17.9. The van der Waals surface area contributed by atoms with Crippen LogP contribution in [0.25, 0.3) is 55.7 Å². The second kappa shape index (κ2) is 19.9. The molecule has 0 aliphatic carbocycles. The molecule has 2 aromatic heterocycles. The van der Waals surface area contributed by atoms with Crippen LogP contribution < -0.4 is 168 Å². The molecule has 1 unspecified atom stereocenters. The van der Waals surface area contributed by atoms with Crippen molar-refractivity contribution in [1.82, 2.24) is 0 Å². The topological polar surface area (TPSA) is 273 Å². The van der Waals surface area contributed by atoms with Crippen LogP contribution in [0.5, 0.6) is 34.5 Å². The van der Waals surface area contributed by atoms with Crippen LogP contribution in [0.4, 0.5) is 0 Å². The molecule has 0 saturated heterocycles. The van der Waals surface area contributed by atoms with E-state index in [2.05, 4.69) is 9.20 Å². The molecule has 0 aliphatic rings. The van der Waals surface area contributed by atoms with Crippen molar-refractivity contribution in [3.8, 4) is 68.3 Å². The van der Waals surface area contributed by atoms with Crippen LogP contribution in [-0.4, -0.2) is 24.4 Å². The number of phenols is 2. The van der Waals surface area contributed by atoms with Gasteiger partial charge in [-0.1, -0.05) is 0 Å². The second-order valence-electron chi connectivity index (χ2n) is 10.5. The minimum Gasteiger partial charge on any atom is -0.780 e. The number of phenolic OH excluding ortho intramolecular Hbond substituents is 2. The summed E-state index contributed by atoms with van der Waals surface area (Å²) in [4.78, 5) is 61.9. The van der Waals surface area contributed by atoms with E-state index in [0.717, 1.165) is 30.3 Å². The maximum atomic E-state index is 13.4. The van der Waals surface area contributed by atoms with Crippen molar-refractivity contribution in [3.05, 3.63) is 93.2 Å². The van der Waals surface area contributed by atoms with E-state index in [1.807, 2.05) is 0 Å². The van der Waals surface area contributed by atoms with E-state index in [-0.39, 0.29) is 152 Å². The van der Waals surface area contributed by atoms with Crippen molar-refractivity contribution in [2.24, 2.45) is 0 Å². The summed E-state index contributed by atoms with van der Waals surface area (Å²) in [5, 5.41) is 30.9. The van der Waals surface area contributed by atoms with Crippen molar-refractivity contribution >= 4 is 37.6 Å². The zero-order valence-corrected chi connectivity index (χ0v) is 39.6. The van der Waals surface area contributed by atoms with E-state index in [1.165, 1.54) is 32.4 Å². The monoisotopic (exact) mass is 830 g/mol. The van der Waals surface area contributed by atoms with Crippen LogP contribution in [0.2, 0.25) is 0 Å². The third-order valence-electron chi connectivity index (χ3n) is 7.37. The van der Waals surface area contributed by atoms with Gasteiger partial charge in [-0.05, 0) is 42.5 Å². The first-order valence-corrected chi connectivity index (χ1v) is 17.0.